The van der Waals surface area contributed by atoms with Gasteiger partial charge < -0.3 is 4.90 Å². The van der Waals surface area contributed by atoms with Crippen molar-refractivity contribution in [2.24, 2.45) is 5.92 Å². The molecule has 1 fully saturated rings. The van der Waals surface area contributed by atoms with E-state index in [9.17, 15) is 13.2 Å². The lowest BCUT2D eigenvalue weighted by Crippen LogP contribution is -2.33. The summed E-state index contributed by atoms with van der Waals surface area (Å²) in [6, 6.07) is 16.2. The molecule has 0 aliphatic heterocycles. The number of carbonyl (C=O) groups excluding carboxylic acids is 1. The molecule has 0 aromatic heterocycles. The summed E-state index contributed by atoms with van der Waals surface area (Å²) in [6.45, 7) is 5.13. The molecule has 28 heavy (non-hydrogen) atoms. The minimum atomic E-state index is -3.61. The molecule has 0 unspecified atom stereocenters. The number of rotatable bonds is 10. The van der Waals surface area contributed by atoms with Gasteiger partial charge in [0.15, 0.2) is 0 Å². The average molecular weight is 399 g/mol. The fourth-order valence-corrected chi connectivity index (χ4v) is 4.11. The van der Waals surface area contributed by atoms with Crippen LogP contribution in [0.5, 0.6) is 0 Å². The summed E-state index contributed by atoms with van der Waals surface area (Å²) in [5.74, 6) is 0.246. The van der Waals surface area contributed by atoms with Gasteiger partial charge in [0.1, 0.15) is 0 Å². The van der Waals surface area contributed by atoms with Crippen LogP contribution in [0.25, 0.3) is 0 Å². The van der Waals surface area contributed by atoms with Crippen LogP contribution in [-0.2, 0) is 16.4 Å². The van der Waals surface area contributed by atoms with E-state index in [1.807, 2.05) is 30.3 Å². The maximum Gasteiger partial charge on any atom is 0.254 e. The highest BCUT2D eigenvalue weighted by Crippen LogP contribution is 2.28. The highest BCUT2D eigenvalue weighted by atomic mass is 32.2. The van der Waals surface area contributed by atoms with Crippen LogP contribution in [0.3, 0.4) is 0 Å². The highest BCUT2D eigenvalue weighted by Gasteiger charge is 2.25. The zero-order valence-electron chi connectivity index (χ0n) is 15.9. The largest absolute Gasteiger partial charge is 0.335 e. The Morgan fingerprint density at radius 3 is 2.57 bits per heavy atom. The zero-order chi connectivity index (χ0) is 20.0. The first-order valence-corrected chi connectivity index (χ1v) is 11.0. The van der Waals surface area contributed by atoms with Crippen LogP contribution in [0.2, 0.25) is 0 Å². The molecular formula is C22H26N2O3S. The molecule has 5 nitrogen and oxygen atoms in total. The van der Waals surface area contributed by atoms with Crippen LogP contribution in [-0.4, -0.2) is 38.9 Å². The predicted octanol–water partition coefficient (Wildman–Crippen LogP) is 3.25. The molecule has 1 aliphatic rings. The third-order valence-electron chi connectivity index (χ3n) is 4.80. The van der Waals surface area contributed by atoms with Gasteiger partial charge in [-0.2, -0.15) is 0 Å². The van der Waals surface area contributed by atoms with Crippen molar-refractivity contribution in [2.75, 3.05) is 19.6 Å². The zero-order valence-corrected chi connectivity index (χ0v) is 16.7. The van der Waals surface area contributed by atoms with Crippen molar-refractivity contribution >= 4 is 15.9 Å². The van der Waals surface area contributed by atoms with Gasteiger partial charge in [-0.3, -0.25) is 4.79 Å². The summed E-state index contributed by atoms with van der Waals surface area (Å²) >= 11 is 0. The van der Waals surface area contributed by atoms with Crippen LogP contribution in [0, 0.1) is 5.92 Å². The van der Waals surface area contributed by atoms with Gasteiger partial charge in [-0.05, 0) is 48.9 Å². The number of benzene rings is 2. The summed E-state index contributed by atoms with van der Waals surface area (Å²) < 4.78 is 27.6. The summed E-state index contributed by atoms with van der Waals surface area (Å²) in [7, 11) is -3.61. The Hall–Kier alpha value is -2.44. The van der Waals surface area contributed by atoms with Crippen molar-refractivity contribution in [2.45, 2.75) is 24.2 Å². The molecule has 3 rings (SSSR count). The van der Waals surface area contributed by atoms with Gasteiger partial charge in [-0.1, -0.05) is 42.5 Å². The number of hydrogen-bond donors (Lipinski definition) is 1. The van der Waals surface area contributed by atoms with Crippen LogP contribution >= 0.6 is 0 Å². The number of sulfonamides is 1. The Labute approximate surface area is 167 Å². The van der Waals surface area contributed by atoms with E-state index in [2.05, 4.69) is 11.3 Å². The standard InChI is InChI=1S/C22H26N2O3S/c1-2-14-24(15-13-18-7-4-3-5-8-18)22(25)20-9-6-10-21(16-20)28(26,27)23-17-19-11-12-19/h2-10,16,19,23H,1,11-15,17H2. The molecular weight excluding hydrogens is 372 g/mol. The molecule has 0 radical (unpaired) electrons. The van der Waals surface area contributed by atoms with Gasteiger partial charge in [0.25, 0.3) is 5.91 Å². The first-order chi connectivity index (χ1) is 13.5. The van der Waals surface area contributed by atoms with Crippen LogP contribution < -0.4 is 4.72 Å². The van der Waals surface area contributed by atoms with Crippen molar-refractivity contribution in [3.8, 4) is 0 Å². The van der Waals surface area contributed by atoms with Crippen LogP contribution in [0.1, 0.15) is 28.8 Å². The lowest BCUT2D eigenvalue weighted by atomic mass is 10.1. The third kappa shape index (κ3) is 5.53. The Bertz CT molecular complexity index is 922. The lowest BCUT2D eigenvalue weighted by molar-refractivity contribution is 0.0775. The molecule has 1 N–H and O–H groups in total. The summed E-state index contributed by atoms with van der Waals surface area (Å²) in [6.07, 6.45) is 4.54. The van der Waals surface area contributed by atoms with E-state index in [1.54, 1.807) is 23.1 Å². The smallest absolute Gasteiger partial charge is 0.254 e. The Balaban J connectivity index is 1.72. The van der Waals surface area contributed by atoms with Crippen molar-refractivity contribution < 1.29 is 13.2 Å². The molecule has 0 atom stereocenters. The molecule has 2 aromatic rings. The van der Waals surface area contributed by atoms with Crippen molar-refractivity contribution in [3.05, 3.63) is 78.4 Å². The normalized spacial score (nSPS) is 13.9. The highest BCUT2D eigenvalue weighted by molar-refractivity contribution is 7.89. The Morgan fingerprint density at radius 1 is 1.14 bits per heavy atom. The molecule has 2 aromatic carbocycles. The molecule has 148 valence electrons. The van der Waals surface area contributed by atoms with Gasteiger partial charge in [-0.15, -0.1) is 6.58 Å². The van der Waals surface area contributed by atoms with Gasteiger partial charge in [0.05, 0.1) is 4.90 Å². The molecule has 0 saturated heterocycles. The van der Waals surface area contributed by atoms with Gasteiger partial charge in [-0.25, -0.2) is 13.1 Å². The number of hydrogen-bond acceptors (Lipinski definition) is 3. The molecule has 0 spiro atoms. The van der Waals surface area contributed by atoms with Gasteiger partial charge in [0, 0.05) is 25.2 Å². The fourth-order valence-electron chi connectivity index (χ4n) is 2.95. The molecule has 1 aliphatic carbocycles. The Morgan fingerprint density at radius 2 is 1.89 bits per heavy atom. The second kappa shape index (κ2) is 9.17. The van der Waals surface area contributed by atoms with Crippen LogP contribution in [0.15, 0.2) is 72.1 Å². The topological polar surface area (TPSA) is 66.5 Å². The van der Waals surface area contributed by atoms with Gasteiger partial charge >= 0.3 is 0 Å². The average Bonchev–Trinajstić information content (AvgIpc) is 3.55. The molecule has 1 saturated carbocycles. The van der Waals surface area contributed by atoms with Crippen molar-refractivity contribution in [1.29, 1.82) is 0 Å². The molecule has 6 heteroatoms. The van der Waals surface area contributed by atoms with E-state index in [-0.39, 0.29) is 10.8 Å². The van der Waals surface area contributed by atoms with E-state index >= 15 is 0 Å². The van der Waals surface area contributed by atoms with Crippen molar-refractivity contribution in [1.82, 2.24) is 9.62 Å². The quantitative estimate of drug-likeness (QED) is 0.625. The SMILES string of the molecule is C=CCN(CCc1ccccc1)C(=O)c1cccc(S(=O)(=O)NCC2CC2)c1. The number of carbonyl (C=O) groups is 1. The van der Waals surface area contributed by atoms with E-state index in [0.29, 0.717) is 31.1 Å². The molecule has 0 bridgehead atoms. The maximum atomic E-state index is 13.0. The number of nitrogens with one attached hydrogen (secondary N) is 1. The molecule has 1 amide bonds. The second-order valence-electron chi connectivity index (χ2n) is 7.10. The first-order valence-electron chi connectivity index (χ1n) is 9.53. The lowest BCUT2D eigenvalue weighted by Gasteiger charge is -2.21. The summed E-state index contributed by atoms with van der Waals surface area (Å²) in [5.41, 5.74) is 1.51. The second-order valence-corrected chi connectivity index (χ2v) is 8.87. The fraction of sp³-hybridized carbons (Fsp3) is 0.318. The van der Waals surface area contributed by atoms with E-state index < -0.39 is 10.0 Å². The van der Waals surface area contributed by atoms with Crippen LogP contribution in [0.4, 0.5) is 0 Å². The summed E-state index contributed by atoms with van der Waals surface area (Å²) in [5, 5.41) is 0. The Kier molecular flexibility index (Phi) is 6.65. The molecule has 0 heterocycles. The predicted molar refractivity (Wildman–Crippen MR) is 111 cm³/mol. The third-order valence-corrected chi connectivity index (χ3v) is 6.22. The van der Waals surface area contributed by atoms with E-state index in [4.69, 9.17) is 0 Å². The van der Waals surface area contributed by atoms with E-state index in [1.165, 1.54) is 12.1 Å². The maximum absolute atomic E-state index is 13.0. The number of nitrogens with zero attached hydrogens (tertiary/aromatic N) is 1. The first kappa shape index (κ1) is 20.3. The van der Waals surface area contributed by atoms with E-state index in [0.717, 1.165) is 24.8 Å². The monoisotopic (exact) mass is 398 g/mol. The number of amides is 1. The van der Waals surface area contributed by atoms with Gasteiger partial charge in [0.2, 0.25) is 10.0 Å². The minimum absolute atomic E-state index is 0.126. The van der Waals surface area contributed by atoms with Crippen molar-refractivity contribution in [3.63, 3.8) is 0 Å². The minimum Gasteiger partial charge on any atom is -0.335 e. The summed E-state index contributed by atoms with van der Waals surface area (Å²) in [4.78, 5) is 14.8.